The summed E-state index contributed by atoms with van der Waals surface area (Å²) in [6.07, 6.45) is 0.282. The first-order valence-electron chi connectivity index (χ1n) is 8.32. The van der Waals surface area contributed by atoms with Gasteiger partial charge in [0.2, 0.25) is 16.1 Å². The van der Waals surface area contributed by atoms with Crippen LogP contribution in [0.3, 0.4) is 0 Å². The maximum atomic E-state index is 12.4. The van der Waals surface area contributed by atoms with Gasteiger partial charge in [-0.3, -0.25) is 9.10 Å². The number of nitrogens with zero attached hydrogens (tertiary/aromatic N) is 2. The van der Waals surface area contributed by atoms with E-state index in [4.69, 9.17) is 16.4 Å². The van der Waals surface area contributed by atoms with E-state index in [2.05, 4.69) is 10.5 Å². The van der Waals surface area contributed by atoms with Crippen molar-refractivity contribution in [2.75, 3.05) is 21.9 Å². The highest BCUT2D eigenvalue weighted by Gasteiger charge is 2.30. The van der Waals surface area contributed by atoms with Gasteiger partial charge in [0.25, 0.3) is 5.91 Å². The molecule has 1 aromatic carbocycles. The lowest BCUT2D eigenvalue weighted by Crippen LogP contribution is -2.28. The number of rotatable bonds is 4. The van der Waals surface area contributed by atoms with Crippen LogP contribution in [0.25, 0.3) is 0 Å². The van der Waals surface area contributed by atoms with E-state index in [9.17, 15) is 13.2 Å². The number of amides is 1. The van der Waals surface area contributed by atoms with Crippen molar-refractivity contribution in [3.05, 3.63) is 45.6 Å². The predicted molar refractivity (Wildman–Crippen MR) is 106 cm³/mol. The molecule has 4 rings (SSSR count). The van der Waals surface area contributed by atoms with E-state index >= 15 is 0 Å². The maximum absolute atomic E-state index is 12.4. The van der Waals surface area contributed by atoms with Crippen LogP contribution in [0.4, 0.5) is 11.4 Å². The standard InChI is InChI=1S/C17H16ClN3O4S2/c18-16-7-6-15(26-16)13-10-14(25-20-13)17(22)19-11-2-4-12(5-3-11)21-8-1-9-27(21,23)24/h2-7,14H,1,8-10H2,(H,19,22). The molecule has 1 unspecified atom stereocenters. The molecule has 1 atom stereocenters. The highest BCUT2D eigenvalue weighted by atomic mass is 35.5. The first-order chi connectivity index (χ1) is 12.9. The molecule has 2 aliphatic heterocycles. The first-order valence-corrected chi connectivity index (χ1v) is 11.1. The van der Waals surface area contributed by atoms with Crippen molar-refractivity contribution >= 4 is 56.0 Å². The number of carbonyl (C=O) groups excluding carboxylic acids is 1. The summed E-state index contributed by atoms with van der Waals surface area (Å²) in [5.74, 6) is -0.139. The fourth-order valence-corrected chi connectivity index (χ4v) is 5.59. The van der Waals surface area contributed by atoms with E-state index in [1.54, 1.807) is 30.3 Å². The lowest BCUT2D eigenvalue weighted by molar-refractivity contribution is -0.125. The Morgan fingerprint density at radius 2 is 2.04 bits per heavy atom. The van der Waals surface area contributed by atoms with Gasteiger partial charge in [-0.2, -0.15) is 0 Å². The number of sulfonamides is 1. The molecule has 3 heterocycles. The van der Waals surface area contributed by atoms with Crippen LogP contribution in [0.1, 0.15) is 17.7 Å². The molecule has 0 bridgehead atoms. The fraction of sp³-hybridized carbons (Fsp3) is 0.294. The van der Waals surface area contributed by atoms with Gasteiger partial charge in [-0.15, -0.1) is 11.3 Å². The van der Waals surface area contributed by atoms with Gasteiger partial charge in [0.05, 0.1) is 20.7 Å². The minimum Gasteiger partial charge on any atom is -0.382 e. The number of nitrogens with one attached hydrogen (secondary N) is 1. The second-order valence-electron chi connectivity index (χ2n) is 6.22. The summed E-state index contributed by atoms with van der Waals surface area (Å²) in [5, 5.41) is 6.75. The zero-order valence-corrected chi connectivity index (χ0v) is 16.5. The van der Waals surface area contributed by atoms with Crippen LogP contribution in [0, 0.1) is 0 Å². The molecule has 2 aromatic rings. The molecule has 1 fully saturated rings. The Hall–Kier alpha value is -2.10. The highest BCUT2D eigenvalue weighted by Crippen LogP contribution is 2.28. The van der Waals surface area contributed by atoms with Crippen LogP contribution in [-0.2, 0) is 19.7 Å². The molecule has 0 radical (unpaired) electrons. The molecule has 1 saturated heterocycles. The summed E-state index contributed by atoms with van der Waals surface area (Å²) < 4.78 is 26.0. The SMILES string of the molecule is O=C(Nc1ccc(N2CCCS2(=O)=O)cc1)C1CC(c2ccc(Cl)s2)=NO1. The maximum Gasteiger partial charge on any atom is 0.268 e. The molecule has 27 heavy (non-hydrogen) atoms. The van der Waals surface area contributed by atoms with E-state index in [1.807, 2.05) is 6.07 Å². The second kappa shape index (κ2) is 7.14. The van der Waals surface area contributed by atoms with Gasteiger partial charge < -0.3 is 10.2 Å². The molecule has 10 heteroatoms. The highest BCUT2D eigenvalue weighted by molar-refractivity contribution is 7.93. The molecule has 7 nitrogen and oxygen atoms in total. The third kappa shape index (κ3) is 3.80. The zero-order chi connectivity index (χ0) is 19.0. The minimum absolute atomic E-state index is 0.169. The van der Waals surface area contributed by atoms with Crippen molar-refractivity contribution in [1.82, 2.24) is 0 Å². The Balaban J connectivity index is 1.38. The van der Waals surface area contributed by atoms with Crippen molar-refractivity contribution in [2.45, 2.75) is 18.9 Å². The summed E-state index contributed by atoms with van der Waals surface area (Å²) in [6, 6.07) is 10.3. The number of anilines is 2. The summed E-state index contributed by atoms with van der Waals surface area (Å²) in [7, 11) is -3.22. The Morgan fingerprint density at radius 1 is 1.26 bits per heavy atom. The minimum atomic E-state index is -3.22. The predicted octanol–water partition coefficient (Wildman–Crippen LogP) is 3.07. The summed E-state index contributed by atoms with van der Waals surface area (Å²) in [5.41, 5.74) is 1.86. The number of hydrogen-bond donors (Lipinski definition) is 1. The number of carbonyl (C=O) groups is 1. The molecule has 2 aliphatic rings. The lowest BCUT2D eigenvalue weighted by Gasteiger charge is -2.17. The molecule has 0 aliphatic carbocycles. The smallest absolute Gasteiger partial charge is 0.268 e. The van der Waals surface area contributed by atoms with Crippen LogP contribution < -0.4 is 9.62 Å². The molecule has 142 valence electrons. The van der Waals surface area contributed by atoms with Crippen molar-refractivity contribution in [3.63, 3.8) is 0 Å². The molecule has 1 amide bonds. The van der Waals surface area contributed by atoms with E-state index in [1.165, 1.54) is 15.6 Å². The van der Waals surface area contributed by atoms with Gasteiger partial charge in [0.15, 0.2) is 0 Å². The Bertz CT molecular complexity index is 1000. The summed E-state index contributed by atoms with van der Waals surface area (Å²) in [4.78, 5) is 18.5. The van der Waals surface area contributed by atoms with E-state index < -0.39 is 16.1 Å². The molecule has 0 spiro atoms. The quantitative estimate of drug-likeness (QED) is 0.815. The van der Waals surface area contributed by atoms with E-state index in [0.717, 1.165) is 4.88 Å². The van der Waals surface area contributed by atoms with E-state index in [0.29, 0.717) is 40.8 Å². The normalized spacial score (nSPS) is 21.0. The molecule has 1 N–H and O–H groups in total. The van der Waals surface area contributed by atoms with E-state index in [-0.39, 0.29) is 11.7 Å². The number of halogens is 1. The van der Waals surface area contributed by atoms with Gasteiger partial charge in [-0.05, 0) is 42.8 Å². The van der Waals surface area contributed by atoms with Crippen LogP contribution >= 0.6 is 22.9 Å². The number of benzene rings is 1. The number of oxime groups is 1. The second-order valence-corrected chi connectivity index (χ2v) is 9.95. The van der Waals surface area contributed by atoms with Crippen LogP contribution in [0.2, 0.25) is 4.34 Å². The van der Waals surface area contributed by atoms with Crippen molar-refractivity contribution in [2.24, 2.45) is 5.16 Å². The molecule has 0 saturated carbocycles. The first kappa shape index (κ1) is 18.3. The third-order valence-electron chi connectivity index (χ3n) is 4.34. The van der Waals surface area contributed by atoms with Crippen molar-refractivity contribution < 1.29 is 18.0 Å². The Kier molecular flexibility index (Phi) is 4.83. The van der Waals surface area contributed by atoms with Gasteiger partial charge >= 0.3 is 0 Å². The summed E-state index contributed by atoms with van der Waals surface area (Å²) in [6.45, 7) is 0.483. The van der Waals surface area contributed by atoms with Gasteiger partial charge in [-0.25, -0.2) is 8.42 Å². The van der Waals surface area contributed by atoms with Crippen LogP contribution in [0.15, 0.2) is 41.6 Å². The largest absolute Gasteiger partial charge is 0.382 e. The summed E-state index contributed by atoms with van der Waals surface area (Å²) >= 11 is 7.31. The van der Waals surface area contributed by atoms with Gasteiger partial charge in [-0.1, -0.05) is 16.8 Å². The van der Waals surface area contributed by atoms with Crippen molar-refractivity contribution in [1.29, 1.82) is 0 Å². The molecule has 1 aromatic heterocycles. The van der Waals surface area contributed by atoms with Gasteiger partial charge in [0, 0.05) is 18.7 Å². The lowest BCUT2D eigenvalue weighted by atomic mass is 10.1. The average molecular weight is 426 g/mol. The molecular weight excluding hydrogens is 410 g/mol. The third-order valence-corrected chi connectivity index (χ3v) is 7.49. The topological polar surface area (TPSA) is 88.1 Å². The van der Waals surface area contributed by atoms with Crippen LogP contribution in [0.5, 0.6) is 0 Å². The Morgan fingerprint density at radius 3 is 2.67 bits per heavy atom. The fourth-order valence-electron chi connectivity index (χ4n) is 3.00. The average Bonchev–Trinajstić information content (AvgIpc) is 3.35. The monoisotopic (exact) mass is 425 g/mol. The number of hydrogen-bond acceptors (Lipinski definition) is 6. The van der Waals surface area contributed by atoms with Crippen LogP contribution in [-0.4, -0.2) is 38.4 Å². The number of thiophene rings is 1. The van der Waals surface area contributed by atoms with Gasteiger partial charge in [0.1, 0.15) is 5.71 Å². The van der Waals surface area contributed by atoms with Crippen molar-refractivity contribution in [3.8, 4) is 0 Å². The zero-order valence-electron chi connectivity index (χ0n) is 14.1. The Labute approximate surface area is 165 Å². The molecular formula is C17H16ClN3O4S2.